The van der Waals surface area contributed by atoms with Gasteiger partial charge in [0.2, 0.25) is 0 Å². The van der Waals surface area contributed by atoms with E-state index in [1.807, 2.05) is 0 Å². The first-order chi connectivity index (χ1) is 29.8. The van der Waals surface area contributed by atoms with Crippen LogP contribution in [0.4, 0.5) is 0 Å². The van der Waals surface area contributed by atoms with E-state index in [-0.39, 0.29) is 6.04 Å². The molecule has 0 saturated heterocycles. The van der Waals surface area contributed by atoms with E-state index in [1.54, 1.807) is 0 Å². The molecule has 0 spiro atoms. The molecule has 0 fully saturated rings. The summed E-state index contributed by atoms with van der Waals surface area (Å²) in [5.41, 5.74) is 13.8. The summed E-state index contributed by atoms with van der Waals surface area (Å²) in [6.45, 7) is 0. The second kappa shape index (κ2) is 13.9. The van der Waals surface area contributed by atoms with E-state index in [4.69, 9.17) is 4.99 Å². The van der Waals surface area contributed by atoms with E-state index < -0.39 is 0 Å². The summed E-state index contributed by atoms with van der Waals surface area (Å²) in [6.07, 6.45) is 2.23. The Morgan fingerprint density at radius 2 is 0.967 bits per heavy atom. The molecule has 1 N–H and O–H groups in total. The highest BCUT2D eigenvalue weighted by molar-refractivity contribution is 6.29. The third-order valence-corrected chi connectivity index (χ3v) is 12.1. The van der Waals surface area contributed by atoms with Crippen molar-refractivity contribution in [2.45, 2.75) is 6.04 Å². The first-order valence-corrected chi connectivity index (χ1v) is 20.6. The van der Waals surface area contributed by atoms with Gasteiger partial charge in [-0.05, 0) is 87.6 Å². The molecule has 4 nitrogen and oxygen atoms in total. The van der Waals surface area contributed by atoms with Gasteiger partial charge in [0.05, 0.1) is 33.8 Å². The molecule has 12 rings (SSSR count). The number of fused-ring (bicyclic) bond motifs is 8. The van der Waals surface area contributed by atoms with Crippen molar-refractivity contribution < 1.29 is 0 Å². The summed E-state index contributed by atoms with van der Waals surface area (Å²) in [4.78, 5) is 5.26. The van der Waals surface area contributed by atoms with Crippen molar-refractivity contribution in [3.05, 3.63) is 235 Å². The summed E-state index contributed by atoms with van der Waals surface area (Å²) >= 11 is 0. The Morgan fingerprint density at radius 3 is 1.65 bits per heavy atom. The molecule has 2 aromatic heterocycles. The lowest BCUT2D eigenvalue weighted by atomic mass is 9.98. The first-order valence-electron chi connectivity index (χ1n) is 20.6. The van der Waals surface area contributed by atoms with Crippen molar-refractivity contribution >= 4 is 65.9 Å². The zero-order valence-corrected chi connectivity index (χ0v) is 32.7. The number of hydrogen-bond acceptors (Lipinski definition) is 2. The topological polar surface area (TPSA) is 34.2 Å². The van der Waals surface area contributed by atoms with E-state index >= 15 is 0 Å². The fourth-order valence-electron chi connectivity index (χ4n) is 9.43. The van der Waals surface area contributed by atoms with Crippen molar-refractivity contribution in [2.24, 2.45) is 4.99 Å². The van der Waals surface area contributed by atoms with Crippen LogP contribution in [0.15, 0.2) is 223 Å². The predicted molar refractivity (Wildman–Crippen MR) is 251 cm³/mol. The summed E-state index contributed by atoms with van der Waals surface area (Å²) in [7, 11) is 0. The minimum absolute atomic E-state index is 0.0170. The normalized spacial score (nSPS) is 14.2. The first kappa shape index (κ1) is 34.1. The smallest absolute Gasteiger partial charge is 0.135 e. The van der Waals surface area contributed by atoms with Crippen LogP contribution < -0.4 is 5.32 Å². The maximum absolute atomic E-state index is 5.26. The Balaban J connectivity index is 1.03. The molecule has 1 unspecified atom stereocenters. The molecule has 1 aliphatic rings. The molecule has 0 radical (unpaired) electrons. The van der Waals surface area contributed by atoms with E-state index in [9.17, 15) is 0 Å². The average molecular weight is 767 g/mol. The Hall–Kier alpha value is -7.95. The number of nitrogens with one attached hydrogen (secondary N) is 1. The zero-order chi connectivity index (χ0) is 39.6. The van der Waals surface area contributed by atoms with Crippen LogP contribution >= 0.6 is 0 Å². The van der Waals surface area contributed by atoms with E-state index in [0.717, 1.165) is 44.8 Å². The maximum atomic E-state index is 5.26. The number of para-hydroxylation sites is 2. The maximum Gasteiger partial charge on any atom is 0.135 e. The van der Waals surface area contributed by atoms with Crippen LogP contribution in [-0.2, 0) is 0 Å². The number of hydrogen-bond donors (Lipinski definition) is 1. The monoisotopic (exact) mass is 766 g/mol. The van der Waals surface area contributed by atoms with Crippen molar-refractivity contribution in [1.82, 2.24) is 14.5 Å². The van der Waals surface area contributed by atoms with Gasteiger partial charge in [-0.15, -0.1) is 0 Å². The van der Waals surface area contributed by atoms with Gasteiger partial charge in [-0.3, -0.25) is 0 Å². The van der Waals surface area contributed by atoms with Gasteiger partial charge < -0.3 is 14.5 Å². The van der Waals surface area contributed by atoms with E-state index in [1.165, 1.54) is 60.3 Å². The highest BCUT2D eigenvalue weighted by Crippen LogP contribution is 2.43. The summed E-state index contributed by atoms with van der Waals surface area (Å²) in [6, 6.07) is 76.4. The average Bonchev–Trinajstić information content (AvgIpc) is 3.85. The van der Waals surface area contributed by atoms with Gasteiger partial charge in [-0.1, -0.05) is 164 Å². The second-order valence-electron chi connectivity index (χ2n) is 15.6. The Morgan fingerprint density at radius 1 is 0.400 bits per heavy atom. The molecule has 0 saturated carbocycles. The molecular weight excluding hydrogens is 729 g/mol. The lowest BCUT2D eigenvalue weighted by Gasteiger charge is -2.25. The molecule has 9 aromatic carbocycles. The molecule has 282 valence electrons. The molecular formula is C56H38N4. The minimum Gasteiger partial charge on any atom is -0.359 e. The van der Waals surface area contributed by atoms with Crippen molar-refractivity contribution in [2.75, 3.05) is 0 Å². The fourth-order valence-corrected chi connectivity index (χ4v) is 9.43. The minimum atomic E-state index is -0.0170. The van der Waals surface area contributed by atoms with Crippen LogP contribution in [-0.4, -0.2) is 15.0 Å². The van der Waals surface area contributed by atoms with Gasteiger partial charge in [-0.2, -0.15) is 0 Å². The summed E-state index contributed by atoms with van der Waals surface area (Å²) in [5, 5.41) is 11.1. The van der Waals surface area contributed by atoms with Crippen LogP contribution in [0.5, 0.6) is 0 Å². The fraction of sp³-hybridized carbons (Fsp3) is 0.0179. The standard InChI is InChI=1S/C56H38N4/c1-4-16-37(17-5-1)40-22-14-24-42(34-40)59-50-28-12-10-25-46(50)54-52(59)32-33-53-55(54)47-26-11-13-29-51(47)60(53)43-30-31-44-41(35-43)23-15-27-45(44)56-57-48(38-18-6-2-7-19-38)36-49(58-56)39-20-8-3-9-21-39/h1-36,48H,(H,57,58). The highest BCUT2D eigenvalue weighted by Gasteiger charge is 2.23. The molecule has 0 aliphatic carbocycles. The molecule has 60 heavy (non-hydrogen) atoms. The number of nitrogens with zero attached hydrogens (tertiary/aromatic N) is 3. The summed E-state index contributed by atoms with van der Waals surface area (Å²) in [5.74, 6) is 0.869. The quantitative estimate of drug-likeness (QED) is 0.180. The van der Waals surface area contributed by atoms with Crippen LogP contribution in [0.1, 0.15) is 22.7 Å². The van der Waals surface area contributed by atoms with Crippen LogP contribution in [0.25, 0.3) is 82.6 Å². The molecule has 1 atom stereocenters. The molecule has 3 heterocycles. The van der Waals surface area contributed by atoms with Crippen molar-refractivity contribution in [3.8, 4) is 22.5 Å². The van der Waals surface area contributed by atoms with Gasteiger partial charge in [0.1, 0.15) is 5.84 Å². The Kier molecular flexibility index (Phi) is 7.88. The molecule has 1 aliphatic heterocycles. The number of aliphatic imine (C=N–C) groups is 1. The number of amidine groups is 1. The second-order valence-corrected chi connectivity index (χ2v) is 15.6. The number of aromatic nitrogens is 2. The van der Waals surface area contributed by atoms with E-state index in [2.05, 4.69) is 233 Å². The highest BCUT2D eigenvalue weighted by atomic mass is 15.1. The van der Waals surface area contributed by atoms with Gasteiger partial charge >= 0.3 is 0 Å². The number of rotatable bonds is 6. The molecule has 0 bridgehead atoms. The Labute approximate surface area is 347 Å². The lowest BCUT2D eigenvalue weighted by molar-refractivity contribution is 0.781. The van der Waals surface area contributed by atoms with Gasteiger partial charge in [0.25, 0.3) is 0 Å². The predicted octanol–water partition coefficient (Wildman–Crippen LogP) is 13.8. The van der Waals surface area contributed by atoms with Crippen molar-refractivity contribution in [3.63, 3.8) is 0 Å². The summed E-state index contributed by atoms with van der Waals surface area (Å²) < 4.78 is 4.87. The largest absolute Gasteiger partial charge is 0.359 e. The molecule has 0 amide bonds. The molecule has 11 aromatic rings. The van der Waals surface area contributed by atoms with Gasteiger partial charge in [0, 0.05) is 38.5 Å². The van der Waals surface area contributed by atoms with E-state index in [0.29, 0.717) is 0 Å². The van der Waals surface area contributed by atoms with Crippen LogP contribution in [0, 0.1) is 0 Å². The van der Waals surface area contributed by atoms with Gasteiger partial charge in [0.15, 0.2) is 0 Å². The molecule has 4 heteroatoms. The Bertz CT molecular complexity index is 3500. The third kappa shape index (κ3) is 5.49. The lowest BCUT2D eigenvalue weighted by Crippen LogP contribution is -2.31. The number of benzene rings is 9. The third-order valence-electron chi connectivity index (χ3n) is 12.1. The van der Waals surface area contributed by atoms with Gasteiger partial charge in [-0.25, -0.2) is 4.99 Å². The SMILES string of the molecule is C1=C(c2ccccc2)N=C(c2cccc3cc(-n4c5ccccc5c5c6c7ccccc7n(-c7cccc(-c8ccccc8)c7)c6ccc54)ccc23)NC1c1ccccc1. The zero-order valence-electron chi connectivity index (χ0n) is 32.7. The van der Waals surface area contributed by atoms with Crippen LogP contribution in [0.2, 0.25) is 0 Å². The van der Waals surface area contributed by atoms with Crippen molar-refractivity contribution in [1.29, 1.82) is 0 Å². The van der Waals surface area contributed by atoms with Crippen LogP contribution in [0.3, 0.4) is 0 Å².